The minimum absolute atomic E-state index is 0.113. The summed E-state index contributed by atoms with van der Waals surface area (Å²) in [6.07, 6.45) is 5.45. The number of H-pyrrole nitrogens is 1. The average molecular weight is 439 g/mol. The predicted octanol–water partition coefficient (Wildman–Crippen LogP) is 6.00. The zero-order valence-corrected chi connectivity index (χ0v) is 18.3. The molecule has 6 heteroatoms. The number of aromatic nitrogens is 2. The molecule has 4 aromatic rings. The Morgan fingerprint density at radius 2 is 1.55 bits per heavy atom. The van der Waals surface area contributed by atoms with E-state index < -0.39 is 0 Å². The third-order valence-corrected chi connectivity index (χ3v) is 6.18. The van der Waals surface area contributed by atoms with E-state index in [1.54, 1.807) is 12.1 Å². The lowest BCUT2D eigenvalue weighted by atomic mass is 9.88. The van der Waals surface area contributed by atoms with E-state index in [0.29, 0.717) is 5.56 Å². The Labute approximate surface area is 192 Å². The third-order valence-electron chi connectivity index (χ3n) is 6.18. The van der Waals surface area contributed by atoms with E-state index >= 15 is 0 Å². The number of hydrogen-bond donors (Lipinski definition) is 3. The van der Waals surface area contributed by atoms with Crippen molar-refractivity contribution in [3.63, 3.8) is 0 Å². The number of anilines is 2. The Bertz CT molecular complexity index is 1270. The molecule has 0 unspecified atom stereocenters. The van der Waals surface area contributed by atoms with Gasteiger partial charge < -0.3 is 15.6 Å². The second kappa shape index (κ2) is 9.28. The maximum atomic E-state index is 12.6. The summed E-state index contributed by atoms with van der Waals surface area (Å²) in [4.78, 5) is 32.9. The largest absolute Gasteiger partial charge is 0.338 e. The number of rotatable bonds is 5. The summed E-state index contributed by atoms with van der Waals surface area (Å²) in [5.74, 6) is 0.825. The second-order valence-corrected chi connectivity index (χ2v) is 8.54. The zero-order chi connectivity index (χ0) is 22.6. The summed E-state index contributed by atoms with van der Waals surface area (Å²) >= 11 is 0. The van der Waals surface area contributed by atoms with Crippen LogP contribution >= 0.6 is 0 Å². The Kier molecular flexibility index (Phi) is 5.89. The van der Waals surface area contributed by atoms with Crippen molar-refractivity contribution in [1.29, 1.82) is 0 Å². The molecule has 0 bridgehead atoms. The number of nitrogens with one attached hydrogen (secondary N) is 3. The Hall–Kier alpha value is -3.93. The van der Waals surface area contributed by atoms with Crippen molar-refractivity contribution in [2.75, 3.05) is 10.6 Å². The standard InChI is InChI=1S/C27H26N4O2/c32-26(19-7-3-1-4-8-19)28-21-13-11-18(12-14-21)25-30-23-16-15-22(17-24(23)31-25)29-27(33)20-9-5-2-6-10-20/h1,3-4,7-8,11-17,20H,2,5-6,9-10H2,(H,28,32)(H,29,33)(H,30,31). The zero-order valence-electron chi connectivity index (χ0n) is 18.3. The average Bonchev–Trinajstić information content (AvgIpc) is 3.29. The van der Waals surface area contributed by atoms with Gasteiger partial charge in [-0.25, -0.2) is 4.98 Å². The molecule has 0 radical (unpaired) electrons. The number of benzene rings is 3. The number of carbonyl (C=O) groups excluding carboxylic acids is 2. The summed E-state index contributed by atoms with van der Waals surface area (Å²) in [5.41, 5.74) is 4.74. The van der Waals surface area contributed by atoms with E-state index in [-0.39, 0.29) is 17.7 Å². The summed E-state index contributed by atoms with van der Waals surface area (Å²) in [6, 6.07) is 22.4. The van der Waals surface area contributed by atoms with Gasteiger partial charge in [0.1, 0.15) is 5.82 Å². The number of imidazole rings is 1. The Morgan fingerprint density at radius 1 is 0.818 bits per heavy atom. The molecule has 166 valence electrons. The topological polar surface area (TPSA) is 86.9 Å². The van der Waals surface area contributed by atoms with Crippen LogP contribution in [0.15, 0.2) is 72.8 Å². The molecule has 2 amide bonds. The quantitative estimate of drug-likeness (QED) is 0.357. The fraction of sp³-hybridized carbons (Fsp3) is 0.222. The van der Waals surface area contributed by atoms with Gasteiger partial charge in [-0.1, -0.05) is 37.5 Å². The van der Waals surface area contributed by atoms with Gasteiger partial charge >= 0.3 is 0 Å². The second-order valence-electron chi connectivity index (χ2n) is 8.54. The molecule has 1 aliphatic rings. The molecule has 1 heterocycles. The van der Waals surface area contributed by atoms with Gasteiger partial charge in [-0.3, -0.25) is 9.59 Å². The van der Waals surface area contributed by atoms with E-state index in [2.05, 4.69) is 20.6 Å². The van der Waals surface area contributed by atoms with E-state index in [4.69, 9.17) is 0 Å². The first-order chi connectivity index (χ1) is 16.2. The number of hydrogen-bond acceptors (Lipinski definition) is 3. The lowest BCUT2D eigenvalue weighted by molar-refractivity contribution is -0.120. The van der Waals surface area contributed by atoms with Crippen LogP contribution in [-0.4, -0.2) is 21.8 Å². The van der Waals surface area contributed by atoms with Gasteiger partial charge in [-0.05, 0) is 67.4 Å². The lowest BCUT2D eigenvalue weighted by Crippen LogP contribution is -2.24. The number of aromatic amines is 1. The molecule has 0 atom stereocenters. The smallest absolute Gasteiger partial charge is 0.255 e. The molecule has 0 saturated heterocycles. The number of amides is 2. The normalized spacial score (nSPS) is 14.2. The van der Waals surface area contributed by atoms with Gasteiger partial charge in [-0.2, -0.15) is 0 Å². The number of fused-ring (bicyclic) bond motifs is 1. The monoisotopic (exact) mass is 438 g/mol. The Balaban J connectivity index is 1.28. The van der Waals surface area contributed by atoms with Gasteiger partial charge in [0.2, 0.25) is 5.91 Å². The molecule has 0 spiro atoms. The van der Waals surface area contributed by atoms with Crippen LogP contribution in [0.25, 0.3) is 22.4 Å². The van der Waals surface area contributed by atoms with Crippen molar-refractivity contribution in [3.8, 4) is 11.4 Å². The van der Waals surface area contributed by atoms with Crippen LogP contribution in [-0.2, 0) is 4.79 Å². The highest BCUT2D eigenvalue weighted by atomic mass is 16.2. The number of carbonyl (C=O) groups is 2. The third kappa shape index (κ3) is 4.80. The molecule has 1 saturated carbocycles. The van der Waals surface area contributed by atoms with Crippen molar-refractivity contribution in [3.05, 3.63) is 78.4 Å². The van der Waals surface area contributed by atoms with Gasteiger partial charge in [-0.15, -0.1) is 0 Å². The van der Waals surface area contributed by atoms with Gasteiger partial charge in [0.25, 0.3) is 5.91 Å². The first-order valence-corrected chi connectivity index (χ1v) is 11.4. The van der Waals surface area contributed by atoms with Crippen molar-refractivity contribution in [2.24, 2.45) is 5.92 Å². The van der Waals surface area contributed by atoms with Gasteiger partial charge in [0.05, 0.1) is 11.0 Å². The molecular weight excluding hydrogens is 412 g/mol. The SMILES string of the molecule is O=C(Nc1ccc(-c2nc3ccc(NC(=O)C4CCCCC4)cc3[nH]2)cc1)c1ccccc1. The van der Waals surface area contributed by atoms with Crippen LogP contribution in [0.3, 0.4) is 0 Å². The van der Waals surface area contributed by atoms with E-state index in [1.807, 2.05) is 60.7 Å². The van der Waals surface area contributed by atoms with Crippen LogP contribution in [0.5, 0.6) is 0 Å². The summed E-state index contributed by atoms with van der Waals surface area (Å²) in [5, 5.41) is 5.97. The highest BCUT2D eigenvalue weighted by Crippen LogP contribution is 2.27. The van der Waals surface area contributed by atoms with E-state index in [9.17, 15) is 9.59 Å². The van der Waals surface area contributed by atoms with Crippen LogP contribution in [0.2, 0.25) is 0 Å². The van der Waals surface area contributed by atoms with Crippen molar-refractivity contribution >= 4 is 34.2 Å². The fourth-order valence-corrected chi connectivity index (χ4v) is 4.34. The minimum Gasteiger partial charge on any atom is -0.338 e. The first-order valence-electron chi connectivity index (χ1n) is 11.4. The summed E-state index contributed by atoms with van der Waals surface area (Å²) in [6.45, 7) is 0. The molecule has 1 aliphatic carbocycles. The van der Waals surface area contributed by atoms with Gasteiger partial charge in [0, 0.05) is 28.4 Å². The molecule has 0 aliphatic heterocycles. The molecule has 5 rings (SSSR count). The van der Waals surface area contributed by atoms with Crippen molar-refractivity contribution in [2.45, 2.75) is 32.1 Å². The van der Waals surface area contributed by atoms with Crippen LogP contribution < -0.4 is 10.6 Å². The molecule has 6 nitrogen and oxygen atoms in total. The maximum Gasteiger partial charge on any atom is 0.255 e. The molecule has 33 heavy (non-hydrogen) atoms. The fourth-order valence-electron chi connectivity index (χ4n) is 4.34. The molecule has 3 N–H and O–H groups in total. The maximum absolute atomic E-state index is 12.6. The highest BCUT2D eigenvalue weighted by molar-refractivity contribution is 6.04. The summed E-state index contributed by atoms with van der Waals surface area (Å²) < 4.78 is 0. The molecule has 1 fully saturated rings. The van der Waals surface area contributed by atoms with Crippen molar-refractivity contribution in [1.82, 2.24) is 9.97 Å². The Morgan fingerprint density at radius 3 is 2.30 bits per heavy atom. The predicted molar refractivity (Wildman–Crippen MR) is 131 cm³/mol. The molecular formula is C27H26N4O2. The van der Waals surface area contributed by atoms with Gasteiger partial charge in [0.15, 0.2) is 0 Å². The van der Waals surface area contributed by atoms with Crippen LogP contribution in [0, 0.1) is 5.92 Å². The molecule has 3 aromatic carbocycles. The molecule has 1 aromatic heterocycles. The lowest BCUT2D eigenvalue weighted by Gasteiger charge is -2.20. The highest BCUT2D eigenvalue weighted by Gasteiger charge is 2.21. The van der Waals surface area contributed by atoms with Crippen LogP contribution in [0.4, 0.5) is 11.4 Å². The van der Waals surface area contributed by atoms with Crippen LogP contribution in [0.1, 0.15) is 42.5 Å². The number of nitrogens with zero attached hydrogens (tertiary/aromatic N) is 1. The first kappa shape index (κ1) is 20.9. The van der Waals surface area contributed by atoms with E-state index in [1.165, 1.54) is 6.42 Å². The summed E-state index contributed by atoms with van der Waals surface area (Å²) in [7, 11) is 0. The van der Waals surface area contributed by atoms with E-state index in [0.717, 1.165) is 59.5 Å². The van der Waals surface area contributed by atoms with Crippen molar-refractivity contribution < 1.29 is 9.59 Å². The minimum atomic E-state index is -0.144.